The highest BCUT2D eigenvalue weighted by atomic mass is 16.5. The molecule has 0 aliphatic rings. The fourth-order valence-corrected chi connectivity index (χ4v) is 1.50. The summed E-state index contributed by atoms with van der Waals surface area (Å²) in [5.41, 5.74) is 6.99. The fourth-order valence-electron chi connectivity index (χ4n) is 1.50. The van der Waals surface area contributed by atoms with Crippen molar-refractivity contribution in [1.82, 2.24) is 5.32 Å². The molecule has 0 spiro atoms. The van der Waals surface area contributed by atoms with Crippen LogP contribution in [0.3, 0.4) is 0 Å². The molecular weight excluding hydrogens is 268 g/mol. The molecule has 6 heteroatoms. The summed E-state index contributed by atoms with van der Waals surface area (Å²) in [5, 5.41) is 14.6. The van der Waals surface area contributed by atoms with Gasteiger partial charge in [-0.3, -0.25) is 4.79 Å². The molecule has 0 atom stereocenters. The summed E-state index contributed by atoms with van der Waals surface area (Å²) in [6, 6.07) is 8.86. The number of nitrogens with one attached hydrogen (secondary N) is 2. The van der Waals surface area contributed by atoms with Crippen LogP contribution in [0.2, 0.25) is 0 Å². The average Bonchev–Trinajstić information content (AvgIpc) is 2.49. The molecule has 1 rings (SSSR count). The number of nitriles is 1. The van der Waals surface area contributed by atoms with Gasteiger partial charge in [0.25, 0.3) is 5.91 Å². The Balaban J connectivity index is 2.45. The predicted octanol–water partition coefficient (Wildman–Crippen LogP) is 1.63. The van der Waals surface area contributed by atoms with Crippen LogP contribution in [0.4, 0.5) is 11.4 Å². The normalized spacial score (nSPS) is 10.8. The van der Waals surface area contributed by atoms with Crippen molar-refractivity contribution in [3.05, 3.63) is 36.0 Å². The quantitative estimate of drug-likeness (QED) is 0.292. The Labute approximate surface area is 124 Å². The van der Waals surface area contributed by atoms with E-state index in [-0.39, 0.29) is 5.57 Å². The van der Waals surface area contributed by atoms with E-state index in [2.05, 4.69) is 10.6 Å². The van der Waals surface area contributed by atoms with Crippen LogP contribution in [0.15, 0.2) is 36.0 Å². The van der Waals surface area contributed by atoms with E-state index in [1.807, 2.05) is 13.0 Å². The molecule has 4 N–H and O–H groups in total. The van der Waals surface area contributed by atoms with Gasteiger partial charge in [0.15, 0.2) is 0 Å². The van der Waals surface area contributed by atoms with Crippen LogP contribution in [0.5, 0.6) is 0 Å². The molecule has 0 unspecified atom stereocenters. The van der Waals surface area contributed by atoms with E-state index in [1.54, 1.807) is 24.3 Å². The Bertz CT molecular complexity index is 517. The van der Waals surface area contributed by atoms with Crippen molar-refractivity contribution in [3.63, 3.8) is 0 Å². The first-order chi connectivity index (χ1) is 10.2. The van der Waals surface area contributed by atoms with E-state index in [9.17, 15) is 4.79 Å². The highest BCUT2D eigenvalue weighted by Gasteiger charge is 2.07. The van der Waals surface area contributed by atoms with Gasteiger partial charge in [-0.1, -0.05) is 0 Å². The number of anilines is 2. The molecule has 6 nitrogen and oxygen atoms in total. The van der Waals surface area contributed by atoms with E-state index < -0.39 is 5.91 Å². The minimum atomic E-state index is -0.406. The Kier molecular flexibility index (Phi) is 7.40. The van der Waals surface area contributed by atoms with Crippen molar-refractivity contribution < 1.29 is 9.53 Å². The van der Waals surface area contributed by atoms with Gasteiger partial charge in [0, 0.05) is 37.3 Å². The largest absolute Gasteiger partial charge is 0.399 e. The summed E-state index contributed by atoms with van der Waals surface area (Å²) in [4.78, 5) is 11.8. The summed E-state index contributed by atoms with van der Waals surface area (Å²) >= 11 is 0. The van der Waals surface area contributed by atoms with Crippen LogP contribution >= 0.6 is 0 Å². The minimum absolute atomic E-state index is 0.0169. The van der Waals surface area contributed by atoms with Crippen molar-refractivity contribution >= 4 is 17.3 Å². The lowest BCUT2D eigenvalue weighted by Crippen LogP contribution is -2.26. The summed E-state index contributed by atoms with van der Waals surface area (Å²) in [6.45, 7) is 3.63. The number of carbonyl (C=O) groups excluding carboxylic acids is 1. The Morgan fingerprint density at radius 3 is 2.76 bits per heavy atom. The standard InChI is InChI=1S/C15H20N4O2/c1-2-21-9-3-8-18-15(20)12(10-16)11-19-14-6-4-13(17)5-7-14/h4-7,11,19H,2-3,8-9,17H2,1H3,(H,18,20)/b12-11-. The molecule has 0 radical (unpaired) electrons. The van der Waals surface area contributed by atoms with Crippen molar-refractivity contribution in [3.8, 4) is 6.07 Å². The Hall–Kier alpha value is -2.52. The first-order valence-corrected chi connectivity index (χ1v) is 6.75. The SMILES string of the molecule is CCOCCCNC(=O)/C(C#N)=C\Nc1ccc(N)cc1. The van der Waals surface area contributed by atoms with E-state index in [0.717, 1.165) is 5.69 Å². The second kappa shape index (κ2) is 9.39. The molecule has 21 heavy (non-hydrogen) atoms. The van der Waals surface area contributed by atoms with Gasteiger partial charge in [-0.25, -0.2) is 0 Å². The van der Waals surface area contributed by atoms with E-state index in [4.69, 9.17) is 15.7 Å². The molecule has 0 saturated carbocycles. The van der Waals surface area contributed by atoms with Gasteiger partial charge in [-0.05, 0) is 37.6 Å². The molecule has 112 valence electrons. The molecule has 0 aliphatic heterocycles. The fraction of sp³-hybridized carbons (Fsp3) is 0.333. The second-order valence-electron chi connectivity index (χ2n) is 4.24. The number of nitrogens with zero attached hydrogens (tertiary/aromatic N) is 1. The van der Waals surface area contributed by atoms with E-state index in [0.29, 0.717) is 31.9 Å². The van der Waals surface area contributed by atoms with Crippen molar-refractivity contribution in [1.29, 1.82) is 5.26 Å². The predicted molar refractivity (Wildman–Crippen MR) is 82.3 cm³/mol. The van der Waals surface area contributed by atoms with Gasteiger partial charge in [-0.2, -0.15) is 5.26 Å². The van der Waals surface area contributed by atoms with E-state index >= 15 is 0 Å². The van der Waals surface area contributed by atoms with Crippen LogP contribution in [-0.4, -0.2) is 25.7 Å². The number of carbonyl (C=O) groups is 1. The lowest BCUT2D eigenvalue weighted by molar-refractivity contribution is -0.117. The van der Waals surface area contributed by atoms with Crippen molar-refractivity contribution in [2.24, 2.45) is 0 Å². The molecule has 0 heterocycles. The van der Waals surface area contributed by atoms with Crippen molar-refractivity contribution in [2.45, 2.75) is 13.3 Å². The zero-order valence-corrected chi connectivity index (χ0v) is 12.1. The van der Waals surface area contributed by atoms with Gasteiger partial charge >= 0.3 is 0 Å². The molecule has 1 aromatic carbocycles. The zero-order chi connectivity index (χ0) is 15.5. The van der Waals surface area contributed by atoms with Crippen LogP contribution < -0.4 is 16.4 Å². The maximum absolute atomic E-state index is 11.8. The van der Waals surface area contributed by atoms with Crippen LogP contribution in [0.1, 0.15) is 13.3 Å². The second-order valence-corrected chi connectivity index (χ2v) is 4.24. The van der Waals surface area contributed by atoms with Gasteiger partial charge < -0.3 is 21.1 Å². The molecule has 0 aromatic heterocycles. The maximum Gasteiger partial charge on any atom is 0.263 e. The topological polar surface area (TPSA) is 100 Å². The average molecular weight is 288 g/mol. The van der Waals surface area contributed by atoms with Crippen LogP contribution in [-0.2, 0) is 9.53 Å². The van der Waals surface area contributed by atoms with Gasteiger partial charge in [-0.15, -0.1) is 0 Å². The first kappa shape index (κ1) is 16.5. The highest BCUT2D eigenvalue weighted by Crippen LogP contribution is 2.10. The summed E-state index contributed by atoms with van der Waals surface area (Å²) in [6.07, 6.45) is 2.09. The monoisotopic (exact) mass is 288 g/mol. The van der Waals surface area contributed by atoms with Gasteiger partial charge in [0.1, 0.15) is 11.6 Å². The number of ether oxygens (including phenoxy) is 1. The molecular formula is C15H20N4O2. The number of hydrogen-bond acceptors (Lipinski definition) is 5. The number of benzene rings is 1. The molecule has 0 aliphatic carbocycles. The zero-order valence-electron chi connectivity index (χ0n) is 12.1. The number of nitrogens with two attached hydrogens (primary N) is 1. The number of hydrogen-bond donors (Lipinski definition) is 3. The smallest absolute Gasteiger partial charge is 0.263 e. The first-order valence-electron chi connectivity index (χ1n) is 6.75. The number of rotatable bonds is 8. The maximum atomic E-state index is 11.8. The molecule has 1 amide bonds. The molecule has 0 fully saturated rings. The van der Waals surface area contributed by atoms with Crippen molar-refractivity contribution in [2.75, 3.05) is 30.8 Å². The van der Waals surface area contributed by atoms with Gasteiger partial charge in [0.05, 0.1) is 0 Å². The lowest BCUT2D eigenvalue weighted by Gasteiger charge is -2.05. The lowest BCUT2D eigenvalue weighted by atomic mass is 10.2. The van der Waals surface area contributed by atoms with Gasteiger partial charge in [0.2, 0.25) is 0 Å². The van der Waals surface area contributed by atoms with E-state index in [1.165, 1.54) is 6.20 Å². The minimum Gasteiger partial charge on any atom is -0.399 e. The molecule has 1 aromatic rings. The molecule has 0 bridgehead atoms. The number of nitrogen functional groups attached to an aromatic ring is 1. The van der Waals surface area contributed by atoms with Crippen LogP contribution in [0.25, 0.3) is 0 Å². The Morgan fingerprint density at radius 1 is 1.43 bits per heavy atom. The summed E-state index contributed by atoms with van der Waals surface area (Å²) < 4.78 is 5.16. The summed E-state index contributed by atoms with van der Waals surface area (Å²) in [7, 11) is 0. The number of amides is 1. The summed E-state index contributed by atoms with van der Waals surface area (Å²) in [5.74, 6) is -0.406. The Morgan fingerprint density at radius 2 is 2.14 bits per heavy atom. The highest BCUT2D eigenvalue weighted by molar-refractivity contribution is 5.97. The third-order valence-electron chi connectivity index (χ3n) is 2.61. The third kappa shape index (κ3) is 6.45. The molecule has 0 saturated heterocycles. The third-order valence-corrected chi connectivity index (χ3v) is 2.61. The van der Waals surface area contributed by atoms with Crippen LogP contribution in [0, 0.1) is 11.3 Å².